The fourth-order valence-corrected chi connectivity index (χ4v) is 1.74. The van der Waals surface area contributed by atoms with Gasteiger partial charge in [0.15, 0.2) is 5.76 Å². The number of rotatable bonds is 1. The standard InChI is InChI=1S/C11H8BrClO2/c12-8-3-1-7(2-4-8)11-10(14)5-9(13)6-15-11/h1-4,6,14H,5H2. The number of benzene rings is 1. The summed E-state index contributed by atoms with van der Waals surface area (Å²) in [5.41, 5.74) is 0.830. The first-order valence-corrected chi connectivity index (χ1v) is 5.53. The van der Waals surface area contributed by atoms with Gasteiger partial charge in [0, 0.05) is 16.5 Å². The van der Waals surface area contributed by atoms with Crippen LogP contribution in [0.25, 0.3) is 5.76 Å². The highest BCUT2D eigenvalue weighted by Gasteiger charge is 2.15. The van der Waals surface area contributed by atoms with Gasteiger partial charge in [-0.25, -0.2) is 0 Å². The van der Waals surface area contributed by atoms with E-state index >= 15 is 0 Å². The van der Waals surface area contributed by atoms with Crippen molar-refractivity contribution in [3.05, 3.63) is 51.4 Å². The van der Waals surface area contributed by atoms with Gasteiger partial charge in [-0.1, -0.05) is 27.5 Å². The van der Waals surface area contributed by atoms with Crippen LogP contribution in [0, 0.1) is 0 Å². The Bertz CT molecular complexity index is 434. The second kappa shape index (κ2) is 4.29. The Labute approximate surface area is 101 Å². The van der Waals surface area contributed by atoms with Gasteiger partial charge in [0.1, 0.15) is 12.0 Å². The molecule has 1 N–H and O–H groups in total. The molecule has 0 radical (unpaired) electrons. The number of halogens is 2. The molecule has 2 rings (SSSR count). The first kappa shape index (κ1) is 10.6. The maximum absolute atomic E-state index is 9.68. The number of aliphatic hydroxyl groups is 1. The van der Waals surface area contributed by atoms with Crippen molar-refractivity contribution in [2.75, 3.05) is 0 Å². The van der Waals surface area contributed by atoms with E-state index in [2.05, 4.69) is 15.9 Å². The van der Waals surface area contributed by atoms with E-state index in [1.165, 1.54) is 6.26 Å². The average molecular weight is 288 g/mol. The normalized spacial score (nSPS) is 16.0. The average Bonchev–Trinajstić information content (AvgIpc) is 2.20. The highest BCUT2D eigenvalue weighted by Crippen LogP contribution is 2.30. The molecule has 1 aliphatic rings. The molecule has 0 bridgehead atoms. The lowest BCUT2D eigenvalue weighted by atomic mass is 10.1. The van der Waals surface area contributed by atoms with Crippen molar-refractivity contribution in [1.82, 2.24) is 0 Å². The molecule has 0 atom stereocenters. The summed E-state index contributed by atoms with van der Waals surface area (Å²) in [6.07, 6.45) is 1.77. The largest absolute Gasteiger partial charge is 0.508 e. The summed E-state index contributed by atoms with van der Waals surface area (Å²) in [6, 6.07) is 7.50. The fourth-order valence-electron chi connectivity index (χ4n) is 1.31. The molecule has 0 unspecified atom stereocenters. The molecule has 0 aliphatic carbocycles. The van der Waals surface area contributed by atoms with Crippen LogP contribution >= 0.6 is 27.5 Å². The number of ether oxygens (including phenoxy) is 1. The van der Waals surface area contributed by atoms with Gasteiger partial charge in [-0.15, -0.1) is 0 Å². The molecule has 1 aromatic rings. The van der Waals surface area contributed by atoms with E-state index in [1.54, 1.807) is 0 Å². The van der Waals surface area contributed by atoms with Crippen LogP contribution in [-0.2, 0) is 4.74 Å². The summed E-state index contributed by atoms with van der Waals surface area (Å²) in [4.78, 5) is 0. The van der Waals surface area contributed by atoms with Crippen molar-refractivity contribution in [3.63, 3.8) is 0 Å². The minimum Gasteiger partial charge on any atom is -0.508 e. The van der Waals surface area contributed by atoms with Gasteiger partial charge in [-0.3, -0.25) is 0 Å². The molecule has 0 aromatic heterocycles. The number of hydrogen-bond donors (Lipinski definition) is 1. The molecular formula is C11H8BrClO2. The van der Waals surface area contributed by atoms with Crippen LogP contribution in [0.1, 0.15) is 12.0 Å². The predicted molar refractivity (Wildman–Crippen MR) is 63.3 cm³/mol. The van der Waals surface area contributed by atoms with Gasteiger partial charge >= 0.3 is 0 Å². The van der Waals surface area contributed by atoms with Crippen LogP contribution in [-0.4, -0.2) is 5.11 Å². The van der Waals surface area contributed by atoms with Crippen LogP contribution in [0.3, 0.4) is 0 Å². The Morgan fingerprint density at radius 1 is 1.27 bits per heavy atom. The zero-order valence-corrected chi connectivity index (χ0v) is 10.0. The molecule has 0 amide bonds. The lowest BCUT2D eigenvalue weighted by Crippen LogP contribution is -1.99. The monoisotopic (exact) mass is 286 g/mol. The topological polar surface area (TPSA) is 29.5 Å². The number of aliphatic hydroxyl groups excluding tert-OH is 1. The van der Waals surface area contributed by atoms with E-state index in [9.17, 15) is 5.11 Å². The lowest BCUT2D eigenvalue weighted by molar-refractivity contribution is 0.338. The molecule has 1 heterocycles. The summed E-state index contributed by atoms with van der Waals surface area (Å²) in [7, 11) is 0. The SMILES string of the molecule is OC1=C(c2ccc(Br)cc2)OC=C(Cl)C1. The summed E-state index contributed by atoms with van der Waals surface area (Å²) < 4.78 is 6.23. The van der Waals surface area contributed by atoms with Gasteiger partial charge in [-0.05, 0) is 24.3 Å². The van der Waals surface area contributed by atoms with Crippen molar-refractivity contribution in [2.45, 2.75) is 6.42 Å². The molecular weight excluding hydrogens is 279 g/mol. The van der Waals surface area contributed by atoms with Crippen LogP contribution in [0.2, 0.25) is 0 Å². The lowest BCUT2D eigenvalue weighted by Gasteiger charge is -2.14. The third-order valence-electron chi connectivity index (χ3n) is 2.01. The Balaban J connectivity index is 2.32. The van der Waals surface area contributed by atoms with Crippen LogP contribution in [0.15, 0.2) is 45.8 Å². The van der Waals surface area contributed by atoms with Crippen LogP contribution in [0.5, 0.6) is 0 Å². The molecule has 1 aliphatic heterocycles. The van der Waals surface area contributed by atoms with Crippen molar-refractivity contribution < 1.29 is 9.84 Å². The molecule has 0 fully saturated rings. The predicted octanol–water partition coefficient (Wildman–Crippen LogP) is 4.18. The summed E-state index contributed by atoms with van der Waals surface area (Å²) in [5, 5.41) is 10.2. The van der Waals surface area contributed by atoms with Crippen molar-refractivity contribution >= 4 is 33.3 Å². The highest BCUT2D eigenvalue weighted by atomic mass is 79.9. The second-order valence-electron chi connectivity index (χ2n) is 3.14. The zero-order chi connectivity index (χ0) is 10.8. The highest BCUT2D eigenvalue weighted by molar-refractivity contribution is 9.10. The van der Waals surface area contributed by atoms with Crippen molar-refractivity contribution in [2.24, 2.45) is 0 Å². The van der Waals surface area contributed by atoms with Gasteiger partial charge in [0.2, 0.25) is 0 Å². The molecule has 0 spiro atoms. The zero-order valence-electron chi connectivity index (χ0n) is 7.71. The quantitative estimate of drug-likeness (QED) is 0.840. The van der Waals surface area contributed by atoms with E-state index in [1.807, 2.05) is 24.3 Å². The van der Waals surface area contributed by atoms with E-state index < -0.39 is 0 Å². The molecule has 78 valence electrons. The Hall–Kier alpha value is -0.930. The molecule has 2 nitrogen and oxygen atoms in total. The summed E-state index contributed by atoms with van der Waals surface area (Å²) in [6.45, 7) is 0. The fraction of sp³-hybridized carbons (Fsp3) is 0.0909. The number of allylic oxidation sites excluding steroid dienone is 1. The molecule has 0 saturated carbocycles. The Kier molecular flexibility index (Phi) is 3.03. The Morgan fingerprint density at radius 3 is 2.53 bits per heavy atom. The minimum atomic E-state index is 0.157. The first-order chi connectivity index (χ1) is 7.16. The molecule has 1 aromatic carbocycles. The van der Waals surface area contributed by atoms with Crippen molar-refractivity contribution in [3.8, 4) is 0 Å². The molecule has 4 heteroatoms. The van der Waals surface area contributed by atoms with Crippen molar-refractivity contribution in [1.29, 1.82) is 0 Å². The van der Waals surface area contributed by atoms with Gasteiger partial charge in [0.05, 0.1) is 5.03 Å². The molecule has 0 saturated heterocycles. The maximum Gasteiger partial charge on any atom is 0.171 e. The van der Waals surface area contributed by atoms with E-state index in [0.717, 1.165) is 10.0 Å². The van der Waals surface area contributed by atoms with Crippen LogP contribution in [0.4, 0.5) is 0 Å². The smallest absolute Gasteiger partial charge is 0.171 e. The first-order valence-electron chi connectivity index (χ1n) is 4.36. The summed E-state index contributed by atoms with van der Waals surface area (Å²) >= 11 is 9.07. The maximum atomic E-state index is 9.68. The summed E-state index contributed by atoms with van der Waals surface area (Å²) in [5.74, 6) is 0.622. The van der Waals surface area contributed by atoms with Gasteiger partial charge in [0.25, 0.3) is 0 Å². The van der Waals surface area contributed by atoms with Gasteiger partial charge in [-0.2, -0.15) is 0 Å². The van der Waals surface area contributed by atoms with Gasteiger partial charge < -0.3 is 9.84 Å². The third kappa shape index (κ3) is 2.36. The van der Waals surface area contributed by atoms with Crippen LogP contribution < -0.4 is 0 Å². The minimum absolute atomic E-state index is 0.157. The van der Waals surface area contributed by atoms with E-state index in [-0.39, 0.29) is 5.76 Å². The number of hydrogen-bond acceptors (Lipinski definition) is 2. The van der Waals surface area contributed by atoms with E-state index in [0.29, 0.717) is 17.2 Å². The van der Waals surface area contributed by atoms with E-state index in [4.69, 9.17) is 16.3 Å². The second-order valence-corrected chi connectivity index (χ2v) is 4.54. The third-order valence-corrected chi connectivity index (χ3v) is 2.76. The Morgan fingerprint density at radius 2 is 1.93 bits per heavy atom. The molecule has 15 heavy (non-hydrogen) atoms.